The van der Waals surface area contributed by atoms with Gasteiger partial charge in [-0.25, -0.2) is 4.79 Å². The Labute approximate surface area is 200 Å². The Morgan fingerprint density at radius 1 is 1.06 bits per heavy atom. The van der Waals surface area contributed by atoms with Gasteiger partial charge in [-0.2, -0.15) is 0 Å². The van der Waals surface area contributed by atoms with Crippen molar-refractivity contribution in [2.75, 3.05) is 0 Å². The first-order chi connectivity index (χ1) is 15.3. The topological polar surface area (TPSA) is 43.4 Å². The fourth-order valence-corrected chi connectivity index (χ4v) is 9.72. The Bertz CT molecular complexity index is 940. The number of esters is 1. The number of Topliss-reactive ketones (excluding diaryl/α,β-unsaturated/α-hetero) is 1. The summed E-state index contributed by atoms with van der Waals surface area (Å²) in [7, 11) is 0. The van der Waals surface area contributed by atoms with Gasteiger partial charge in [0.25, 0.3) is 0 Å². The lowest BCUT2D eigenvalue weighted by molar-refractivity contribution is -0.146. The fraction of sp³-hybridized carbons (Fsp3) is 0.800. The van der Waals surface area contributed by atoms with Crippen molar-refractivity contribution in [3.8, 4) is 0 Å². The normalized spacial score (nSPS) is 47.1. The number of hydrogen-bond acceptors (Lipinski definition) is 3. The smallest absolute Gasteiger partial charge is 0.334 e. The number of carbonyl (C=O) groups is 2. The molecule has 5 aliphatic rings. The second-order valence-electron chi connectivity index (χ2n) is 13.6. The average molecular weight is 453 g/mol. The summed E-state index contributed by atoms with van der Waals surface area (Å²) in [4.78, 5) is 24.7. The summed E-state index contributed by atoms with van der Waals surface area (Å²) < 4.78 is 5.61. The zero-order valence-electron chi connectivity index (χ0n) is 21.9. The quantitative estimate of drug-likeness (QED) is 0.340. The summed E-state index contributed by atoms with van der Waals surface area (Å²) in [5.74, 6) is 2.62. The number of ketones is 1. The number of cyclic esters (lactones) is 1. The molecular formula is C30H44O3. The number of fused-ring (bicyclic) bond motifs is 5. The van der Waals surface area contributed by atoms with E-state index >= 15 is 0 Å². The molecule has 8 atom stereocenters. The van der Waals surface area contributed by atoms with Gasteiger partial charge in [0, 0.05) is 17.4 Å². The van der Waals surface area contributed by atoms with Gasteiger partial charge in [0.1, 0.15) is 11.9 Å². The van der Waals surface area contributed by atoms with Gasteiger partial charge in [-0.3, -0.25) is 4.79 Å². The molecule has 0 aromatic rings. The van der Waals surface area contributed by atoms with Crippen LogP contribution < -0.4 is 0 Å². The predicted octanol–water partition coefficient (Wildman–Crippen LogP) is 7.06. The molecule has 0 aromatic carbocycles. The molecule has 5 rings (SSSR count). The monoisotopic (exact) mass is 452 g/mol. The Balaban J connectivity index is 1.43. The SMILES string of the molecule is CC1=C[C@@H](C[C@@H](C)[C@H]2CC[C@@]3(C)C4=CC[C@H]5C(C)(C)C(=O)CC[C@]5(C)[C@@H]4CC[C@]23C)OC1=O. The summed E-state index contributed by atoms with van der Waals surface area (Å²) >= 11 is 0. The molecule has 33 heavy (non-hydrogen) atoms. The van der Waals surface area contributed by atoms with E-state index in [2.05, 4.69) is 47.6 Å². The van der Waals surface area contributed by atoms with Gasteiger partial charge >= 0.3 is 5.97 Å². The maximum atomic E-state index is 12.8. The maximum Gasteiger partial charge on any atom is 0.334 e. The minimum atomic E-state index is -0.201. The molecule has 0 bridgehead atoms. The van der Waals surface area contributed by atoms with Crippen molar-refractivity contribution in [3.63, 3.8) is 0 Å². The molecule has 0 aromatic heterocycles. The molecule has 3 heteroatoms. The standard InChI is InChI=1S/C30H44O3/c1-18(16-20-17-19(2)26(32)33-20)21-10-14-30(7)23-8-9-24-27(3,4)25(31)12-13-28(24,5)22(23)11-15-29(21,30)6/h8,17-18,20-22,24H,9-16H2,1-7H3/t18-,20-,21-,22-,24+,28-,29-,30+/m1/s1. The number of rotatable bonds is 3. The Hall–Kier alpha value is -1.38. The number of allylic oxidation sites excluding steroid dienone is 2. The van der Waals surface area contributed by atoms with Gasteiger partial charge in [0.15, 0.2) is 0 Å². The molecule has 3 nitrogen and oxygen atoms in total. The maximum absolute atomic E-state index is 12.8. The van der Waals surface area contributed by atoms with Crippen LogP contribution in [-0.4, -0.2) is 17.9 Å². The van der Waals surface area contributed by atoms with Crippen molar-refractivity contribution in [2.45, 2.75) is 106 Å². The average Bonchev–Trinajstić information content (AvgIpc) is 3.20. The zero-order valence-corrected chi connectivity index (χ0v) is 21.9. The van der Waals surface area contributed by atoms with E-state index in [1.807, 2.05) is 13.0 Å². The molecule has 1 aliphatic heterocycles. The molecule has 0 amide bonds. The largest absolute Gasteiger partial charge is 0.455 e. The second kappa shape index (κ2) is 7.31. The highest BCUT2D eigenvalue weighted by Gasteiger charge is 2.65. The third-order valence-electron chi connectivity index (χ3n) is 12.0. The van der Waals surface area contributed by atoms with Crippen molar-refractivity contribution >= 4 is 11.8 Å². The van der Waals surface area contributed by atoms with E-state index in [4.69, 9.17) is 4.74 Å². The minimum Gasteiger partial charge on any atom is -0.455 e. The summed E-state index contributed by atoms with van der Waals surface area (Å²) in [6, 6.07) is 0. The summed E-state index contributed by atoms with van der Waals surface area (Å²) in [5, 5.41) is 0. The van der Waals surface area contributed by atoms with Crippen molar-refractivity contribution in [3.05, 3.63) is 23.3 Å². The highest BCUT2D eigenvalue weighted by atomic mass is 16.5. The van der Waals surface area contributed by atoms with Crippen molar-refractivity contribution in [2.24, 2.45) is 45.3 Å². The van der Waals surface area contributed by atoms with Crippen LogP contribution in [0.25, 0.3) is 0 Å². The first-order valence-corrected chi connectivity index (χ1v) is 13.5. The summed E-state index contributed by atoms with van der Waals surface area (Å²) in [6.45, 7) is 16.3. The molecule has 0 radical (unpaired) electrons. The van der Waals surface area contributed by atoms with Crippen LogP contribution in [0, 0.1) is 45.3 Å². The molecule has 0 N–H and O–H groups in total. The molecule has 4 aliphatic carbocycles. The number of hydrogen-bond donors (Lipinski definition) is 0. The predicted molar refractivity (Wildman–Crippen MR) is 131 cm³/mol. The molecule has 3 fully saturated rings. The molecule has 0 saturated heterocycles. The van der Waals surface area contributed by atoms with Crippen molar-refractivity contribution in [1.82, 2.24) is 0 Å². The Morgan fingerprint density at radius 2 is 1.79 bits per heavy atom. The van der Waals surface area contributed by atoms with Gasteiger partial charge in [-0.05, 0) is 97.9 Å². The summed E-state index contributed by atoms with van der Waals surface area (Å²) in [6.07, 6.45) is 13.5. The molecule has 1 heterocycles. The van der Waals surface area contributed by atoms with Crippen LogP contribution in [0.2, 0.25) is 0 Å². The van der Waals surface area contributed by atoms with E-state index < -0.39 is 0 Å². The van der Waals surface area contributed by atoms with E-state index in [1.54, 1.807) is 5.57 Å². The lowest BCUT2D eigenvalue weighted by atomic mass is 9.41. The van der Waals surface area contributed by atoms with E-state index in [9.17, 15) is 9.59 Å². The van der Waals surface area contributed by atoms with Crippen LogP contribution in [0.15, 0.2) is 23.3 Å². The van der Waals surface area contributed by atoms with Crippen molar-refractivity contribution < 1.29 is 14.3 Å². The van der Waals surface area contributed by atoms with Gasteiger partial charge in [0.2, 0.25) is 0 Å². The van der Waals surface area contributed by atoms with E-state index in [0.29, 0.717) is 34.9 Å². The number of ether oxygens (including phenoxy) is 1. The summed E-state index contributed by atoms with van der Waals surface area (Å²) in [5.41, 5.74) is 3.08. The van der Waals surface area contributed by atoms with Gasteiger partial charge < -0.3 is 4.74 Å². The highest BCUT2D eigenvalue weighted by molar-refractivity contribution is 5.90. The van der Waals surface area contributed by atoms with Crippen LogP contribution in [-0.2, 0) is 14.3 Å². The molecular weight excluding hydrogens is 408 g/mol. The van der Waals surface area contributed by atoms with Crippen LogP contribution in [0.1, 0.15) is 99.8 Å². The molecule has 0 unspecified atom stereocenters. The Kier molecular flexibility index (Phi) is 5.18. The van der Waals surface area contributed by atoms with E-state index in [-0.39, 0.29) is 28.3 Å². The van der Waals surface area contributed by atoms with Crippen LogP contribution >= 0.6 is 0 Å². The highest BCUT2D eigenvalue weighted by Crippen LogP contribution is 2.73. The molecule has 3 saturated carbocycles. The first kappa shape index (κ1) is 23.4. The lowest BCUT2D eigenvalue weighted by Gasteiger charge is -2.63. The van der Waals surface area contributed by atoms with Crippen molar-refractivity contribution in [1.29, 1.82) is 0 Å². The zero-order chi connectivity index (χ0) is 24.0. The first-order valence-electron chi connectivity index (χ1n) is 13.5. The van der Waals surface area contributed by atoms with Crippen LogP contribution in [0.3, 0.4) is 0 Å². The minimum absolute atomic E-state index is 0.0464. The van der Waals surface area contributed by atoms with Crippen LogP contribution in [0.5, 0.6) is 0 Å². The third-order valence-corrected chi connectivity index (χ3v) is 12.0. The third kappa shape index (κ3) is 3.05. The van der Waals surface area contributed by atoms with E-state index in [0.717, 1.165) is 31.3 Å². The van der Waals surface area contributed by atoms with E-state index in [1.165, 1.54) is 25.7 Å². The lowest BCUT2D eigenvalue weighted by Crippen LogP contribution is -2.57. The van der Waals surface area contributed by atoms with Gasteiger partial charge in [-0.15, -0.1) is 0 Å². The molecule has 182 valence electrons. The number of carbonyl (C=O) groups excluding carboxylic acids is 2. The Morgan fingerprint density at radius 3 is 2.45 bits per heavy atom. The van der Waals surface area contributed by atoms with Gasteiger partial charge in [0.05, 0.1) is 0 Å². The van der Waals surface area contributed by atoms with Crippen LogP contribution in [0.4, 0.5) is 0 Å². The second-order valence-corrected chi connectivity index (χ2v) is 13.6. The fourth-order valence-electron chi connectivity index (χ4n) is 9.72. The molecule has 0 spiro atoms. The van der Waals surface area contributed by atoms with Gasteiger partial charge in [-0.1, -0.05) is 53.2 Å².